The SMILES string of the molecule is C=C[C@@H]1[I-][C@]1(NC(=O)[C@@H]1CCCN1C(=O)[C@@H](NC(=O)OC(C)CCCCCCc1c(C)nc2ccccc2c1OCCN1CCS(=O)(=O)CC1)C(C)(C)C)C(=O)NS(=O)(=O)C1(C)CC1. The molecule has 1 unspecified atom stereocenters. The first-order chi connectivity index (χ1) is 30.1. The Kier molecular flexibility index (Phi) is 15.7. The van der Waals surface area contributed by atoms with Crippen molar-refractivity contribution in [1.29, 1.82) is 0 Å². The number of aryl methyl sites for hydroxylation is 1. The predicted molar refractivity (Wildman–Crippen MR) is 240 cm³/mol. The van der Waals surface area contributed by atoms with E-state index in [2.05, 4.69) is 26.8 Å². The zero-order chi connectivity index (χ0) is 46.7. The van der Waals surface area contributed by atoms with Gasteiger partial charge in [0.25, 0.3) is 0 Å². The quantitative estimate of drug-likeness (QED) is 0.0561. The van der Waals surface area contributed by atoms with E-state index in [1.807, 2.05) is 58.9 Å². The number of alkyl halides is 2. The van der Waals surface area contributed by atoms with E-state index in [0.29, 0.717) is 58.3 Å². The third-order valence-corrected chi connectivity index (χ3v) is 20.5. The fraction of sp³-hybridized carbons (Fsp3) is 0.667. The van der Waals surface area contributed by atoms with Crippen LogP contribution in [0.2, 0.25) is 0 Å². The van der Waals surface area contributed by atoms with Crippen LogP contribution in [0.3, 0.4) is 0 Å². The number of carbonyl (C=O) groups excluding carboxylic acids is 4. The van der Waals surface area contributed by atoms with E-state index in [0.717, 1.165) is 60.0 Å². The van der Waals surface area contributed by atoms with Crippen LogP contribution >= 0.6 is 0 Å². The minimum atomic E-state index is -3.92. The second kappa shape index (κ2) is 20.1. The second-order valence-corrected chi connectivity index (χ2v) is 27.2. The standard InChI is InChI=1S/C45H66IN6O10S2/c1-8-36-45(46-36,41(55)50-64(59,60)44(7)21-22-44)49-39(53)35-20-15-23-52(35)40(54)38(43(4,5)6)48-42(56)62-30(2)16-11-9-10-12-17-32-31(3)47-34-19-14-13-18-33(34)37(32)61-27-24-51-25-28-63(57,58)29-26-51/h8,13-14,18-19,30,35-36,38H,1,9-12,15-17,20-29H2,2-7H3,(H,48,56)(H,49,53)(H,50,55)/q-1/t30?,35-,36-,38+,45+/m0/s1. The number of likely N-dealkylation sites (tertiary alicyclic amines) is 1. The van der Waals surface area contributed by atoms with Crippen LogP contribution in [0.15, 0.2) is 36.9 Å². The van der Waals surface area contributed by atoms with Gasteiger partial charge in [0.05, 0.1) is 17.0 Å². The summed E-state index contributed by atoms with van der Waals surface area (Å²) in [7, 11) is -6.87. The molecule has 4 heterocycles. The number of sulfonamides is 1. The van der Waals surface area contributed by atoms with Crippen LogP contribution in [0.25, 0.3) is 10.9 Å². The number of para-hydroxylation sites is 1. The van der Waals surface area contributed by atoms with Crippen molar-refractivity contribution in [2.45, 2.75) is 136 Å². The van der Waals surface area contributed by atoms with Crippen LogP contribution in [-0.4, -0.2) is 130 Å². The van der Waals surface area contributed by atoms with Gasteiger partial charge in [-0.25, -0.2) is 8.42 Å². The Labute approximate surface area is 389 Å². The van der Waals surface area contributed by atoms with E-state index in [9.17, 15) is 36.0 Å². The van der Waals surface area contributed by atoms with Crippen molar-refractivity contribution in [2.75, 3.05) is 44.3 Å². The fourth-order valence-electron chi connectivity index (χ4n) is 8.36. The van der Waals surface area contributed by atoms with Gasteiger partial charge in [-0.1, -0.05) is 25.0 Å². The summed E-state index contributed by atoms with van der Waals surface area (Å²) in [6.07, 6.45) is 7.23. The first kappa shape index (κ1) is 49.9. The molecule has 6 rings (SSSR count). The van der Waals surface area contributed by atoms with Crippen molar-refractivity contribution in [2.24, 2.45) is 5.41 Å². The van der Waals surface area contributed by atoms with Crippen molar-refractivity contribution in [3.8, 4) is 5.75 Å². The maximum atomic E-state index is 14.2. The van der Waals surface area contributed by atoms with E-state index >= 15 is 0 Å². The van der Waals surface area contributed by atoms with Crippen molar-refractivity contribution in [3.63, 3.8) is 0 Å². The Morgan fingerprint density at radius 3 is 2.41 bits per heavy atom. The molecule has 0 spiro atoms. The molecular weight excluding hydrogens is 976 g/mol. The van der Waals surface area contributed by atoms with E-state index in [1.165, 1.54) is 4.90 Å². The van der Waals surface area contributed by atoms with Gasteiger partial charge in [-0.2, -0.15) is 0 Å². The molecule has 64 heavy (non-hydrogen) atoms. The number of aromatic nitrogens is 1. The minimum absolute atomic E-state index is 0.179. The van der Waals surface area contributed by atoms with E-state index in [1.54, 1.807) is 13.0 Å². The van der Waals surface area contributed by atoms with Crippen LogP contribution in [0.1, 0.15) is 104 Å². The summed E-state index contributed by atoms with van der Waals surface area (Å²) in [6, 6.07) is 6.02. The van der Waals surface area contributed by atoms with Gasteiger partial charge in [-0.3, -0.25) is 9.88 Å². The summed E-state index contributed by atoms with van der Waals surface area (Å²) in [6.45, 7) is 17.1. The Morgan fingerprint density at radius 1 is 1.06 bits per heavy atom. The number of amides is 4. The molecule has 3 N–H and O–H groups in total. The van der Waals surface area contributed by atoms with Gasteiger partial charge in [0.2, 0.25) is 0 Å². The number of halogens is 1. The molecule has 3 saturated heterocycles. The topological polar surface area (TPSA) is 210 Å². The molecule has 5 atom stereocenters. The number of carbonyl (C=O) groups is 4. The van der Waals surface area contributed by atoms with Gasteiger partial charge in [-0.05, 0) is 38.3 Å². The molecule has 356 valence electrons. The van der Waals surface area contributed by atoms with Crippen LogP contribution < -0.4 is 41.3 Å². The fourth-order valence-corrected chi connectivity index (χ4v) is 13.8. The van der Waals surface area contributed by atoms with Crippen molar-refractivity contribution in [3.05, 3.63) is 48.2 Å². The molecule has 1 aromatic heterocycles. The van der Waals surface area contributed by atoms with Crippen LogP contribution in [-0.2, 0) is 45.4 Å². The number of hydrogen-bond acceptors (Lipinski definition) is 12. The van der Waals surface area contributed by atoms with E-state index in [4.69, 9.17) is 14.5 Å². The van der Waals surface area contributed by atoms with Gasteiger partial charge in [0, 0.05) is 36.3 Å². The zero-order valence-electron chi connectivity index (χ0n) is 38.0. The van der Waals surface area contributed by atoms with Gasteiger partial charge in [-0.15, -0.1) is 0 Å². The molecule has 3 aliphatic heterocycles. The molecule has 2 aromatic rings. The zero-order valence-corrected chi connectivity index (χ0v) is 41.8. The first-order valence-electron chi connectivity index (χ1n) is 22.5. The predicted octanol–water partition coefficient (Wildman–Crippen LogP) is 1.13. The Balaban J connectivity index is 0.966. The average Bonchev–Trinajstić information content (AvgIpc) is 4.10. The summed E-state index contributed by atoms with van der Waals surface area (Å²) >= 11 is -0.979. The number of ether oxygens (including phenoxy) is 2. The van der Waals surface area contributed by atoms with Crippen molar-refractivity contribution in [1.82, 2.24) is 30.1 Å². The molecule has 4 amide bonds. The number of fused-ring (bicyclic) bond motifs is 1. The number of nitrogens with zero attached hydrogens (tertiary/aromatic N) is 3. The van der Waals surface area contributed by atoms with Gasteiger partial charge >= 0.3 is 229 Å². The number of rotatable bonds is 20. The van der Waals surface area contributed by atoms with Gasteiger partial charge in [0.15, 0.2) is 9.84 Å². The summed E-state index contributed by atoms with van der Waals surface area (Å²) < 4.78 is 61.2. The maximum absolute atomic E-state index is 14.2. The summed E-state index contributed by atoms with van der Waals surface area (Å²) in [4.78, 5) is 63.1. The van der Waals surface area contributed by atoms with E-state index < -0.39 is 96.8 Å². The third kappa shape index (κ3) is 11.9. The van der Waals surface area contributed by atoms with Crippen LogP contribution in [0.5, 0.6) is 5.75 Å². The average molecular weight is 1040 g/mol. The van der Waals surface area contributed by atoms with Crippen molar-refractivity contribution >= 4 is 54.6 Å². The van der Waals surface area contributed by atoms with Crippen molar-refractivity contribution < 1.29 is 66.7 Å². The number of unbranched alkanes of at least 4 members (excludes halogenated alkanes) is 3. The molecule has 16 nitrogen and oxygen atoms in total. The molecular formula is C45H66IN6O10S2-. The molecule has 0 radical (unpaired) electrons. The number of nitrogens with one attached hydrogen (secondary N) is 3. The summed E-state index contributed by atoms with van der Waals surface area (Å²) in [5.74, 6) is -0.535. The molecule has 1 saturated carbocycles. The molecule has 19 heteroatoms. The molecule has 1 aliphatic carbocycles. The number of sulfone groups is 1. The van der Waals surface area contributed by atoms with Crippen LogP contribution in [0, 0.1) is 12.3 Å². The van der Waals surface area contributed by atoms with Gasteiger partial charge < -0.3 is 4.74 Å². The number of pyridine rings is 1. The summed E-state index contributed by atoms with van der Waals surface area (Å²) in [5, 5.41) is 6.58. The normalized spacial score (nSPS) is 23.8. The number of benzene rings is 1. The molecule has 4 fully saturated rings. The van der Waals surface area contributed by atoms with Gasteiger partial charge in [0.1, 0.15) is 12.4 Å². The van der Waals surface area contributed by atoms with E-state index in [-0.39, 0.29) is 22.0 Å². The number of hydrogen-bond donors (Lipinski definition) is 3. The third-order valence-electron chi connectivity index (χ3n) is 12.8. The monoisotopic (exact) mass is 1040 g/mol. The molecule has 0 bridgehead atoms. The Bertz CT molecular complexity index is 2300. The first-order valence-corrected chi connectivity index (χ1v) is 28.1. The summed E-state index contributed by atoms with van der Waals surface area (Å²) in [5.41, 5.74) is 2.13. The molecule has 1 aromatic carbocycles. The Morgan fingerprint density at radius 2 is 1.75 bits per heavy atom. The number of alkyl carbamates (subject to hydrolysis) is 1. The second-order valence-electron chi connectivity index (χ2n) is 19.0. The van der Waals surface area contributed by atoms with Crippen LogP contribution in [0.4, 0.5) is 4.79 Å². The Hall–Kier alpha value is -3.56. The molecule has 4 aliphatic rings.